The van der Waals surface area contributed by atoms with Crippen LogP contribution in [0.2, 0.25) is 0 Å². The molecule has 3 rings (SSSR count). The maximum Gasteiger partial charge on any atom is 0.407 e. The van der Waals surface area contributed by atoms with Crippen molar-refractivity contribution >= 4 is 17.0 Å². The highest BCUT2D eigenvalue weighted by Crippen LogP contribution is 2.16. The molecule has 2 N–H and O–H groups in total. The number of fused-ring (bicyclic) bond motifs is 1. The number of H-pyrrole nitrogens is 1. The molecule has 1 saturated heterocycles. The summed E-state index contributed by atoms with van der Waals surface area (Å²) in [5, 5.41) is 10.1. The summed E-state index contributed by atoms with van der Waals surface area (Å²) in [6.07, 6.45) is 1.13. The number of nitrogens with one attached hydrogen (secondary N) is 1. The van der Waals surface area contributed by atoms with Crippen LogP contribution >= 0.6 is 0 Å². The van der Waals surface area contributed by atoms with Gasteiger partial charge >= 0.3 is 6.09 Å². The lowest BCUT2D eigenvalue weighted by atomic mass is 10.1. The van der Waals surface area contributed by atoms with Crippen molar-refractivity contribution in [1.29, 1.82) is 0 Å². The van der Waals surface area contributed by atoms with E-state index in [2.05, 4.69) is 34.1 Å². The highest BCUT2D eigenvalue weighted by molar-refractivity contribution is 5.79. The molecule has 0 saturated carbocycles. The summed E-state index contributed by atoms with van der Waals surface area (Å²) in [6, 6.07) is 8.48. The van der Waals surface area contributed by atoms with Crippen LogP contribution < -0.4 is 0 Å². The van der Waals surface area contributed by atoms with E-state index in [9.17, 15) is 4.79 Å². The van der Waals surface area contributed by atoms with Crippen LogP contribution in [0.3, 0.4) is 0 Å². The van der Waals surface area contributed by atoms with E-state index in [1.807, 2.05) is 6.20 Å². The summed E-state index contributed by atoms with van der Waals surface area (Å²) in [5.41, 5.74) is 2.43. The largest absolute Gasteiger partial charge is 0.465 e. The maximum absolute atomic E-state index is 10.8. The van der Waals surface area contributed by atoms with Crippen molar-refractivity contribution in [1.82, 2.24) is 14.8 Å². The molecular weight excluding hydrogens is 242 g/mol. The molecular formula is C14H17N3O2. The lowest BCUT2D eigenvalue weighted by Crippen LogP contribution is -2.47. The Kier molecular flexibility index (Phi) is 3.13. The van der Waals surface area contributed by atoms with Gasteiger partial charge in [0.1, 0.15) is 0 Å². The first-order valence-corrected chi connectivity index (χ1v) is 6.48. The fraction of sp³-hybridized carbons (Fsp3) is 0.357. The number of amides is 1. The molecule has 5 nitrogen and oxygen atoms in total. The molecule has 0 spiro atoms. The minimum absolute atomic E-state index is 0.599. The number of nitrogens with zero attached hydrogens (tertiary/aromatic N) is 2. The lowest BCUT2D eigenvalue weighted by molar-refractivity contribution is 0.103. The zero-order valence-corrected chi connectivity index (χ0v) is 10.7. The molecule has 5 heteroatoms. The van der Waals surface area contributed by atoms with Crippen molar-refractivity contribution in [3.63, 3.8) is 0 Å². The number of piperazine rings is 1. The number of benzene rings is 1. The van der Waals surface area contributed by atoms with Gasteiger partial charge in [-0.3, -0.25) is 4.90 Å². The summed E-state index contributed by atoms with van der Waals surface area (Å²) in [6.45, 7) is 3.69. The van der Waals surface area contributed by atoms with Gasteiger partial charge in [-0.25, -0.2) is 4.79 Å². The number of hydrogen-bond acceptors (Lipinski definition) is 2. The third-order valence-corrected chi connectivity index (χ3v) is 3.67. The molecule has 100 valence electrons. The van der Waals surface area contributed by atoms with E-state index in [0.29, 0.717) is 13.1 Å². The van der Waals surface area contributed by atoms with Gasteiger partial charge in [-0.2, -0.15) is 0 Å². The first kappa shape index (κ1) is 12.0. The number of carbonyl (C=O) groups is 1. The Balaban J connectivity index is 1.64. The van der Waals surface area contributed by atoms with Crippen LogP contribution in [0.1, 0.15) is 5.56 Å². The zero-order chi connectivity index (χ0) is 13.2. The molecule has 1 aliphatic heterocycles. The highest BCUT2D eigenvalue weighted by Gasteiger charge is 2.20. The Hall–Kier alpha value is -2.01. The molecule has 0 radical (unpaired) electrons. The van der Waals surface area contributed by atoms with Crippen LogP contribution in [0.4, 0.5) is 4.79 Å². The second kappa shape index (κ2) is 4.93. The maximum atomic E-state index is 10.8. The summed E-state index contributed by atoms with van der Waals surface area (Å²) in [4.78, 5) is 17.8. The smallest absolute Gasteiger partial charge is 0.407 e. The first-order valence-electron chi connectivity index (χ1n) is 6.48. The summed E-state index contributed by atoms with van der Waals surface area (Å²) >= 11 is 0. The van der Waals surface area contributed by atoms with Gasteiger partial charge in [0.15, 0.2) is 0 Å². The lowest BCUT2D eigenvalue weighted by Gasteiger charge is -2.33. The van der Waals surface area contributed by atoms with Crippen molar-refractivity contribution < 1.29 is 9.90 Å². The third-order valence-electron chi connectivity index (χ3n) is 3.67. The average molecular weight is 259 g/mol. The molecule has 1 aromatic carbocycles. The molecule has 0 aliphatic carbocycles. The number of rotatable bonds is 2. The quantitative estimate of drug-likeness (QED) is 0.866. The van der Waals surface area contributed by atoms with Crippen LogP contribution in [0.15, 0.2) is 30.5 Å². The summed E-state index contributed by atoms with van der Waals surface area (Å²) in [5.74, 6) is 0. The topological polar surface area (TPSA) is 59.6 Å². The number of carboxylic acid groups (broad SMARTS) is 1. The van der Waals surface area contributed by atoms with E-state index in [1.54, 1.807) is 0 Å². The molecule has 0 bridgehead atoms. The minimum Gasteiger partial charge on any atom is -0.465 e. The fourth-order valence-corrected chi connectivity index (χ4v) is 2.56. The summed E-state index contributed by atoms with van der Waals surface area (Å²) in [7, 11) is 0. The monoisotopic (exact) mass is 259 g/mol. The van der Waals surface area contributed by atoms with E-state index in [1.165, 1.54) is 15.8 Å². The Morgan fingerprint density at radius 3 is 2.74 bits per heavy atom. The van der Waals surface area contributed by atoms with Crippen molar-refractivity contribution in [3.05, 3.63) is 36.0 Å². The Morgan fingerprint density at radius 2 is 2.00 bits per heavy atom. The van der Waals surface area contributed by atoms with E-state index >= 15 is 0 Å². The molecule has 1 amide bonds. The van der Waals surface area contributed by atoms with E-state index < -0.39 is 6.09 Å². The molecule has 1 aliphatic rings. The van der Waals surface area contributed by atoms with Gasteiger partial charge in [0, 0.05) is 44.4 Å². The first-order chi connectivity index (χ1) is 9.22. The van der Waals surface area contributed by atoms with E-state index in [4.69, 9.17) is 5.11 Å². The second-order valence-electron chi connectivity index (χ2n) is 4.95. The normalized spacial score (nSPS) is 16.9. The second-order valence-corrected chi connectivity index (χ2v) is 4.95. The molecule has 2 aromatic rings. The Bertz CT molecular complexity index is 585. The minimum atomic E-state index is -0.812. The van der Waals surface area contributed by atoms with E-state index in [-0.39, 0.29) is 0 Å². The molecule has 1 fully saturated rings. The molecule has 0 atom stereocenters. The van der Waals surface area contributed by atoms with Crippen LogP contribution in [0, 0.1) is 0 Å². The van der Waals surface area contributed by atoms with Crippen molar-refractivity contribution in [2.75, 3.05) is 26.2 Å². The molecule has 1 aromatic heterocycles. The van der Waals surface area contributed by atoms with Crippen molar-refractivity contribution in [3.8, 4) is 0 Å². The number of aromatic amines is 1. The van der Waals surface area contributed by atoms with Crippen LogP contribution in [0.5, 0.6) is 0 Å². The predicted octanol–water partition coefficient (Wildman–Crippen LogP) is 1.96. The SMILES string of the molecule is O=C(O)N1CCN(Cc2ccc3[nH]ccc3c2)CC1. The zero-order valence-electron chi connectivity index (χ0n) is 10.7. The van der Waals surface area contributed by atoms with Gasteiger partial charge in [-0.15, -0.1) is 0 Å². The highest BCUT2D eigenvalue weighted by atomic mass is 16.4. The molecule has 0 unspecified atom stereocenters. The fourth-order valence-electron chi connectivity index (χ4n) is 2.56. The van der Waals surface area contributed by atoms with Crippen molar-refractivity contribution in [2.24, 2.45) is 0 Å². The standard InChI is InChI=1S/C14H17N3O2/c18-14(19)17-7-5-16(6-8-17)10-11-1-2-13-12(9-11)3-4-15-13/h1-4,9,15H,5-8,10H2,(H,18,19). The average Bonchev–Trinajstić information content (AvgIpc) is 2.87. The number of aromatic nitrogens is 1. The van der Waals surface area contributed by atoms with Crippen LogP contribution in [-0.2, 0) is 6.54 Å². The van der Waals surface area contributed by atoms with Gasteiger partial charge in [-0.1, -0.05) is 6.07 Å². The Morgan fingerprint density at radius 1 is 1.21 bits per heavy atom. The van der Waals surface area contributed by atoms with Crippen LogP contribution in [-0.4, -0.2) is 52.2 Å². The van der Waals surface area contributed by atoms with Gasteiger partial charge in [0.2, 0.25) is 0 Å². The van der Waals surface area contributed by atoms with Gasteiger partial charge in [-0.05, 0) is 29.1 Å². The molecule has 19 heavy (non-hydrogen) atoms. The van der Waals surface area contributed by atoms with Gasteiger partial charge in [0.05, 0.1) is 0 Å². The summed E-state index contributed by atoms with van der Waals surface area (Å²) < 4.78 is 0. The van der Waals surface area contributed by atoms with Gasteiger partial charge < -0.3 is 15.0 Å². The third kappa shape index (κ3) is 2.56. The van der Waals surface area contributed by atoms with Crippen molar-refractivity contribution in [2.45, 2.75) is 6.54 Å². The number of hydrogen-bond donors (Lipinski definition) is 2. The predicted molar refractivity (Wildman–Crippen MR) is 73.2 cm³/mol. The van der Waals surface area contributed by atoms with E-state index in [0.717, 1.165) is 25.2 Å². The Labute approximate surface area is 111 Å². The molecule has 2 heterocycles. The van der Waals surface area contributed by atoms with Crippen LogP contribution in [0.25, 0.3) is 10.9 Å². The van der Waals surface area contributed by atoms with Gasteiger partial charge in [0.25, 0.3) is 0 Å².